The zero-order valence-corrected chi connectivity index (χ0v) is 13.0. The summed E-state index contributed by atoms with van der Waals surface area (Å²) in [7, 11) is 0. The lowest BCUT2D eigenvalue weighted by Crippen LogP contribution is -2.00. The number of hydrogen-bond acceptors (Lipinski definition) is 7. The van der Waals surface area contributed by atoms with Crippen molar-refractivity contribution >= 4 is 23.1 Å². The molecule has 3 heterocycles. The third-order valence-corrected chi connectivity index (χ3v) is 4.56. The van der Waals surface area contributed by atoms with Gasteiger partial charge in [0, 0.05) is 6.54 Å². The summed E-state index contributed by atoms with van der Waals surface area (Å²) < 4.78 is 7.26. The molecule has 0 N–H and O–H groups in total. The molecule has 0 aliphatic carbocycles. The fraction of sp³-hybridized carbons (Fsp3) is 0.231. The molecule has 6 nitrogen and oxygen atoms in total. The summed E-state index contributed by atoms with van der Waals surface area (Å²) in [6.45, 7) is 6.35. The molecule has 0 atom stereocenters. The first-order valence-electron chi connectivity index (χ1n) is 6.28. The van der Waals surface area contributed by atoms with Crippen molar-refractivity contribution in [2.24, 2.45) is 0 Å². The molecule has 0 aliphatic heterocycles. The van der Waals surface area contributed by atoms with E-state index in [0.29, 0.717) is 24.0 Å². The number of thiophene rings is 1. The van der Waals surface area contributed by atoms with Crippen molar-refractivity contribution in [1.29, 1.82) is 0 Å². The lowest BCUT2D eigenvalue weighted by molar-refractivity contribution is 0.426. The van der Waals surface area contributed by atoms with Crippen LogP contribution in [0.3, 0.4) is 0 Å². The van der Waals surface area contributed by atoms with Gasteiger partial charge in [-0.1, -0.05) is 29.1 Å². The molecule has 0 bridgehead atoms. The summed E-state index contributed by atoms with van der Waals surface area (Å²) in [5.74, 6) is 2.66. The van der Waals surface area contributed by atoms with Gasteiger partial charge in [-0.15, -0.1) is 28.1 Å². The Morgan fingerprint density at radius 2 is 2.38 bits per heavy atom. The van der Waals surface area contributed by atoms with Gasteiger partial charge < -0.3 is 9.09 Å². The number of thioether (sulfide) groups is 1. The smallest absolute Gasteiger partial charge is 0.268 e. The number of hydrogen-bond donors (Lipinski definition) is 0. The van der Waals surface area contributed by atoms with Gasteiger partial charge in [-0.2, -0.15) is 4.98 Å². The highest BCUT2D eigenvalue weighted by atomic mass is 32.2. The second kappa shape index (κ2) is 6.23. The van der Waals surface area contributed by atoms with Crippen LogP contribution in [0.15, 0.2) is 39.8 Å². The molecule has 108 valence electrons. The molecule has 0 saturated carbocycles. The predicted molar refractivity (Wildman–Crippen MR) is 82.1 cm³/mol. The molecule has 0 aliphatic rings. The van der Waals surface area contributed by atoms with E-state index in [1.165, 1.54) is 11.8 Å². The number of aromatic nitrogens is 5. The molecule has 0 spiro atoms. The van der Waals surface area contributed by atoms with Gasteiger partial charge in [0.25, 0.3) is 5.89 Å². The molecule has 3 aromatic heterocycles. The molecular weight excluding hydrogens is 306 g/mol. The van der Waals surface area contributed by atoms with E-state index in [-0.39, 0.29) is 0 Å². The minimum Gasteiger partial charge on any atom is -0.333 e. The van der Waals surface area contributed by atoms with Crippen LogP contribution in [0.25, 0.3) is 10.8 Å². The Kier molecular flexibility index (Phi) is 4.16. The second-order valence-electron chi connectivity index (χ2n) is 4.21. The van der Waals surface area contributed by atoms with Gasteiger partial charge in [-0.05, 0) is 18.4 Å². The van der Waals surface area contributed by atoms with Crippen molar-refractivity contribution in [2.75, 3.05) is 0 Å². The summed E-state index contributed by atoms with van der Waals surface area (Å²) in [5, 5.41) is 15.0. The Labute approximate surface area is 129 Å². The van der Waals surface area contributed by atoms with Gasteiger partial charge in [-0.25, -0.2) is 0 Å². The molecule has 21 heavy (non-hydrogen) atoms. The van der Waals surface area contributed by atoms with Crippen LogP contribution in [0.4, 0.5) is 0 Å². The van der Waals surface area contributed by atoms with E-state index in [9.17, 15) is 0 Å². The molecule has 0 amide bonds. The minimum atomic E-state index is 0.560. The molecule has 0 fully saturated rings. The third-order valence-electron chi connectivity index (χ3n) is 2.74. The van der Waals surface area contributed by atoms with Crippen molar-refractivity contribution in [2.45, 2.75) is 24.4 Å². The summed E-state index contributed by atoms with van der Waals surface area (Å²) in [6, 6.07) is 3.92. The van der Waals surface area contributed by atoms with Crippen LogP contribution in [0.5, 0.6) is 0 Å². The third kappa shape index (κ3) is 3.06. The lowest BCUT2D eigenvalue weighted by atomic mass is 10.5. The van der Waals surface area contributed by atoms with E-state index in [1.54, 1.807) is 11.3 Å². The van der Waals surface area contributed by atoms with Crippen LogP contribution < -0.4 is 0 Å². The molecule has 8 heteroatoms. The maximum absolute atomic E-state index is 5.26. The SMILES string of the molecule is C=CCn1c(C)nnc1SCc1noc(-c2cccs2)n1. The van der Waals surface area contributed by atoms with Gasteiger partial charge in [-0.3, -0.25) is 0 Å². The van der Waals surface area contributed by atoms with Gasteiger partial charge >= 0.3 is 0 Å². The van der Waals surface area contributed by atoms with Gasteiger partial charge in [0.1, 0.15) is 5.82 Å². The summed E-state index contributed by atoms with van der Waals surface area (Å²) in [4.78, 5) is 5.36. The van der Waals surface area contributed by atoms with Crippen molar-refractivity contribution in [3.8, 4) is 10.8 Å². The van der Waals surface area contributed by atoms with Crippen LogP contribution in [-0.4, -0.2) is 24.9 Å². The summed E-state index contributed by atoms with van der Waals surface area (Å²) >= 11 is 3.11. The van der Waals surface area contributed by atoms with Gasteiger partial charge in [0.2, 0.25) is 0 Å². The van der Waals surface area contributed by atoms with E-state index in [1.807, 2.05) is 35.1 Å². The molecule has 0 radical (unpaired) electrons. The van der Waals surface area contributed by atoms with E-state index in [0.717, 1.165) is 15.9 Å². The summed E-state index contributed by atoms with van der Waals surface area (Å²) in [5.41, 5.74) is 0. The first kappa shape index (κ1) is 14.0. The highest BCUT2D eigenvalue weighted by molar-refractivity contribution is 7.98. The Balaban J connectivity index is 1.69. The normalized spacial score (nSPS) is 10.9. The Bertz CT molecular complexity index is 732. The van der Waals surface area contributed by atoms with E-state index < -0.39 is 0 Å². The monoisotopic (exact) mass is 319 g/mol. The van der Waals surface area contributed by atoms with Crippen LogP contribution in [0.1, 0.15) is 11.6 Å². The van der Waals surface area contributed by atoms with Crippen molar-refractivity contribution in [1.82, 2.24) is 24.9 Å². The molecule has 0 saturated heterocycles. The van der Waals surface area contributed by atoms with Crippen molar-refractivity contribution < 1.29 is 4.52 Å². The molecule has 0 aromatic carbocycles. The minimum absolute atomic E-state index is 0.560. The molecular formula is C13H13N5OS2. The van der Waals surface area contributed by atoms with E-state index >= 15 is 0 Å². The van der Waals surface area contributed by atoms with Crippen LogP contribution in [0, 0.1) is 6.92 Å². The zero-order chi connectivity index (χ0) is 14.7. The number of allylic oxidation sites excluding steroid dienone is 1. The first-order valence-corrected chi connectivity index (χ1v) is 8.14. The Morgan fingerprint density at radius 1 is 1.48 bits per heavy atom. The van der Waals surface area contributed by atoms with Crippen molar-refractivity contribution in [3.63, 3.8) is 0 Å². The predicted octanol–water partition coefficient (Wildman–Crippen LogP) is 3.18. The average molecular weight is 319 g/mol. The first-order chi connectivity index (χ1) is 10.3. The Hall–Kier alpha value is -1.93. The lowest BCUT2D eigenvalue weighted by Gasteiger charge is -2.03. The highest BCUT2D eigenvalue weighted by Crippen LogP contribution is 2.25. The van der Waals surface area contributed by atoms with Crippen molar-refractivity contribution in [3.05, 3.63) is 41.8 Å². The van der Waals surface area contributed by atoms with Crippen LogP contribution in [0.2, 0.25) is 0 Å². The van der Waals surface area contributed by atoms with E-state index in [4.69, 9.17) is 4.52 Å². The number of rotatable bonds is 6. The van der Waals surface area contributed by atoms with Gasteiger partial charge in [0.05, 0.1) is 10.6 Å². The molecule has 3 aromatic rings. The Morgan fingerprint density at radius 3 is 3.14 bits per heavy atom. The quantitative estimate of drug-likeness (QED) is 0.513. The van der Waals surface area contributed by atoms with E-state index in [2.05, 4.69) is 26.9 Å². The molecule has 0 unspecified atom stereocenters. The second-order valence-corrected chi connectivity index (χ2v) is 6.10. The highest BCUT2D eigenvalue weighted by Gasteiger charge is 2.13. The standard InChI is InChI=1S/C13H13N5OS2/c1-3-6-18-9(2)15-16-13(18)21-8-11-14-12(19-17-11)10-5-4-7-20-10/h3-5,7H,1,6,8H2,2H3. The summed E-state index contributed by atoms with van der Waals surface area (Å²) in [6.07, 6.45) is 1.82. The largest absolute Gasteiger partial charge is 0.333 e. The maximum Gasteiger partial charge on any atom is 0.268 e. The number of nitrogens with zero attached hydrogens (tertiary/aromatic N) is 5. The maximum atomic E-state index is 5.26. The molecule has 3 rings (SSSR count). The van der Waals surface area contributed by atoms with Crippen LogP contribution in [-0.2, 0) is 12.3 Å². The number of aryl methyl sites for hydroxylation is 1. The topological polar surface area (TPSA) is 69.6 Å². The fourth-order valence-corrected chi connectivity index (χ4v) is 3.23. The zero-order valence-electron chi connectivity index (χ0n) is 11.4. The average Bonchev–Trinajstić information content (AvgIpc) is 3.19. The van der Waals surface area contributed by atoms with Crippen LogP contribution >= 0.6 is 23.1 Å². The van der Waals surface area contributed by atoms with Gasteiger partial charge in [0.15, 0.2) is 11.0 Å². The fourth-order valence-electron chi connectivity index (χ4n) is 1.75.